The summed E-state index contributed by atoms with van der Waals surface area (Å²) in [5.74, 6) is 0.783. The summed E-state index contributed by atoms with van der Waals surface area (Å²) in [6.45, 7) is 8.61. The Kier molecular flexibility index (Phi) is 9.49. The van der Waals surface area contributed by atoms with Gasteiger partial charge in [-0.1, -0.05) is 23.5 Å². The van der Waals surface area contributed by atoms with Gasteiger partial charge in [0.2, 0.25) is 11.7 Å². The highest BCUT2D eigenvalue weighted by molar-refractivity contribution is 7.09. The van der Waals surface area contributed by atoms with Crippen molar-refractivity contribution in [3.05, 3.63) is 104 Å². The van der Waals surface area contributed by atoms with E-state index in [1.165, 1.54) is 17.2 Å². The van der Waals surface area contributed by atoms with Crippen molar-refractivity contribution in [3.8, 4) is 28.9 Å². The summed E-state index contributed by atoms with van der Waals surface area (Å²) >= 11 is 0.944. The topological polar surface area (TPSA) is 151 Å². The SMILES string of the molecule is Cc1c(O)ccc(Oc2cc(N(C)C(=O)OC(C)(C)C)ccc2C2(C(=O)COc3ccc(Cc4sc(=O)[nH]c4O)cc3)C=CC=N2)c1C. The minimum absolute atomic E-state index is 0.124. The number of rotatable bonds is 10. The van der Waals surface area contributed by atoms with Gasteiger partial charge >= 0.3 is 11.0 Å². The molecule has 1 atom stereocenters. The van der Waals surface area contributed by atoms with Crippen LogP contribution >= 0.6 is 11.3 Å². The molecular formula is C36H37N3O8S. The van der Waals surface area contributed by atoms with Crippen molar-refractivity contribution < 1.29 is 34.0 Å². The van der Waals surface area contributed by atoms with E-state index in [0.29, 0.717) is 45.2 Å². The van der Waals surface area contributed by atoms with Crippen LogP contribution < -0.4 is 19.2 Å². The highest BCUT2D eigenvalue weighted by Crippen LogP contribution is 2.43. The molecule has 250 valence electrons. The lowest BCUT2D eigenvalue weighted by Gasteiger charge is -2.28. The van der Waals surface area contributed by atoms with Crippen molar-refractivity contribution in [2.24, 2.45) is 4.99 Å². The Hall–Kier alpha value is -5.36. The number of nitrogens with one attached hydrogen (secondary N) is 1. The third-order valence-corrected chi connectivity index (χ3v) is 8.72. The fourth-order valence-corrected chi connectivity index (χ4v) is 5.80. The first kappa shape index (κ1) is 34.0. The molecule has 3 N–H and O–H groups in total. The Labute approximate surface area is 281 Å². The Morgan fingerprint density at radius 3 is 2.35 bits per heavy atom. The number of ether oxygens (including phenoxy) is 3. The molecule has 12 heteroatoms. The Morgan fingerprint density at radius 1 is 1.00 bits per heavy atom. The molecule has 0 radical (unpaired) electrons. The maximum atomic E-state index is 14.0. The fraction of sp³-hybridized carbons (Fsp3) is 0.278. The smallest absolute Gasteiger partial charge is 0.414 e. The molecule has 3 aromatic carbocycles. The van der Waals surface area contributed by atoms with E-state index in [0.717, 1.165) is 16.9 Å². The molecule has 1 aliphatic heterocycles. The van der Waals surface area contributed by atoms with Crippen LogP contribution in [-0.4, -0.2) is 52.5 Å². The quantitative estimate of drug-likeness (QED) is 0.169. The van der Waals surface area contributed by atoms with Crippen molar-refractivity contribution >= 4 is 35.1 Å². The van der Waals surface area contributed by atoms with Gasteiger partial charge in [-0.3, -0.25) is 24.5 Å². The molecule has 0 spiro atoms. The van der Waals surface area contributed by atoms with Gasteiger partial charge in [-0.25, -0.2) is 4.79 Å². The zero-order valence-electron chi connectivity index (χ0n) is 27.5. The molecule has 11 nitrogen and oxygen atoms in total. The number of hydrogen-bond donors (Lipinski definition) is 3. The first-order valence-corrected chi connectivity index (χ1v) is 16.0. The fourth-order valence-electron chi connectivity index (χ4n) is 5.05. The number of Topliss-reactive ketones (excluding diaryl/α,β-unsaturated/α-hetero) is 1. The molecule has 0 aliphatic carbocycles. The summed E-state index contributed by atoms with van der Waals surface area (Å²) in [5.41, 5.74) is 0.873. The molecule has 0 saturated carbocycles. The zero-order chi connectivity index (χ0) is 34.8. The van der Waals surface area contributed by atoms with E-state index in [4.69, 9.17) is 14.2 Å². The first-order valence-electron chi connectivity index (χ1n) is 15.1. The van der Waals surface area contributed by atoms with Gasteiger partial charge in [0.05, 0.1) is 10.6 Å². The Morgan fingerprint density at radius 2 is 1.73 bits per heavy atom. The van der Waals surface area contributed by atoms with Gasteiger partial charge in [-0.2, -0.15) is 0 Å². The standard InChI is InChI=1S/C36H37N3O8S/c1-21-22(2)28(15-14-27(21)40)46-29-19-24(39(6)34(44)47-35(3,4)5)10-13-26(29)36(16-7-17-37-36)31(41)20-45-25-11-8-23(9-12-25)18-30-32(42)38-33(43)48-30/h7-17,19,40,42H,18,20H2,1-6H3,(H,38,43). The summed E-state index contributed by atoms with van der Waals surface area (Å²) in [5, 5.41) is 20.1. The highest BCUT2D eigenvalue weighted by atomic mass is 32.1. The van der Waals surface area contributed by atoms with Crippen LogP contribution in [0.25, 0.3) is 0 Å². The predicted octanol–water partition coefficient (Wildman–Crippen LogP) is 6.70. The molecule has 1 aromatic heterocycles. The van der Waals surface area contributed by atoms with Gasteiger partial charge in [0.1, 0.15) is 35.2 Å². The average molecular weight is 672 g/mol. The van der Waals surface area contributed by atoms with Crippen molar-refractivity contribution in [2.45, 2.75) is 52.2 Å². The number of aromatic amines is 1. The van der Waals surface area contributed by atoms with E-state index in [9.17, 15) is 24.6 Å². The summed E-state index contributed by atoms with van der Waals surface area (Å²) in [4.78, 5) is 47.0. The minimum atomic E-state index is -1.48. The van der Waals surface area contributed by atoms with Gasteiger partial charge in [-0.15, -0.1) is 0 Å². The molecule has 1 aliphatic rings. The molecule has 48 heavy (non-hydrogen) atoms. The maximum absolute atomic E-state index is 14.0. The van der Waals surface area contributed by atoms with E-state index < -0.39 is 17.2 Å². The molecule has 1 amide bonds. The number of allylic oxidation sites excluding steroid dienone is 1. The van der Waals surface area contributed by atoms with Crippen LogP contribution in [-0.2, 0) is 21.5 Å². The van der Waals surface area contributed by atoms with Crippen LogP contribution in [0.1, 0.15) is 47.9 Å². The van der Waals surface area contributed by atoms with E-state index in [-0.39, 0.29) is 34.6 Å². The number of benzene rings is 3. The lowest BCUT2D eigenvalue weighted by atomic mass is 9.86. The number of H-pyrrole nitrogens is 1. The van der Waals surface area contributed by atoms with Crippen molar-refractivity contribution in [1.82, 2.24) is 4.98 Å². The number of aromatic hydroxyl groups is 2. The van der Waals surface area contributed by atoms with Crippen LogP contribution in [0.5, 0.6) is 28.9 Å². The largest absolute Gasteiger partial charge is 0.508 e. The number of phenols is 1. The third-order valence-electron chi connectivity index (χ3n) is 7.84. The summed E-state index contributed by atoms with van der Waals surface area (Å²) in [6, 6.07) is 15.2. The van der Waals surface area contributed by atoms with Crippen LogP contribution in [0.4, 0.5) is 10.5 Å². The molecule has 5 rings (SSSR count). The summed E-state index contributed by atoms with van der Waals surface area (Å²) in [7, 11) is 1.58. The van der Waals surface area contributed by atoms with E-state index in [1.807, 2.05) is 6.92 Å². The van der Waals surface area contributed by atoms with E-state index in [2.05, 4.69) is 9.98 Å². The molecule has 0 fully saturated rings. The van der Waals surface area contributed by atoms with Gasteiger partial charge in [0, 0.05) is 31.3 Å². The molecule has 4 aromatic rings. The van der Waals surface area contributed by atoms with Crippen LogP contribution in [0.2, 0.25) is 0 Å². The molecular weight excluding hydrogens is 634 g/mol. The number of carbonyl (C=O) groups is 2. The summed E-state index contributed by atoms with van der Waals surface area (Å²) in [6.07, 6.45) is 4.68. The summed E-state index contributed by atoms with van der Waals surface area (Å²) < 4.78 is 17.9. The highest BCUT2D eigenvalue weighted by Gasteiger charge is 2.42. The number of ketones is 1. The number of aliphatic imine (C=N–C) groups is 1. The molecule has 2 heterocycles. The predicted molar refractivity (Wildman–Crippen MR) is 184 cm³/mol. The number of phenolic OH excluding ortho intramolecular Hbond substituents is 1. The van der Waals surface area contributed by atoms with Gasteiger partial charge in [-0.05, 0) is 99.9 Å². The second-order valence-electron chi connectivity index (χ2n) is 12.4. The monoisotopic (exact) mass is 671 g/mol. The number of thiazole rings is 1. The Bertz CT molecular complexity index is 1960. The second-order valence-corrected chi connectivity index (χ2v) is 13.4. The first-order chi connectivity index (χ1) is 22.7. The zero-order valence-corrected chi connectivity index (χ0v) is 28.3. The van der Waals surface area contributed by atoms with Crippen LogP contribution in [0, 0.1) is 13.8 Å². The normalized spacial score (nSPS) is 15.4. The minimum Gasteiger partial charge on any atom is -0.508 e. The van der Waals surface area contributed by atoms with E-state index in [1.54, 1.807) is 95.4 Å². The van der Waals surface area contributed by atoms with Crippen molar-refractivity contribution in [1.29, 1.82) is 0 Å². The molecule has 1 unspecified atom stereocenters. The third kappa shape index (κ3) is 7.28. The molecule has 0 saturated heterocycles. The maximum Gasteiger partial charge on any atom is 0.414 e. The van der Waals surface area contributed by atoms with Gasteiger partial charge in [0.25, 0.3) is 0 Å². The number of aromatic nitrogens is 1. The molecule has 0 bridgehead atoms. The second kappa shape index (κ2) is 13.4. The van der Waals surface area contributed by atoms with Crippen molar-refractivity contribution in [3.63, 3.8) is 0 Å². The lowest BCUT2D eigenvalue weighted by molar-refractivity contribution is -0.124. The lowest BCUT2D eigenvalue weighted by Crippen LogP contribution is -2.36. The van der Waals surface area contributed by atoms with Crippen LogP contribution in [0.3, 0.4) is 0 Å². The number of amides is 1. The number of anilines is 1. The van der Waals surface area contributed by atoms with Crippen LogP contribution in [0.15, 0.2) is 76.5 Å². The number of hydrogen-bond acceptors (Lipinski definition) is 10. The Balaban J connectivity index is 1.44. The number of nitrogens with zero attached hydrogens (tertiary/aromatic N) is 2. The van der Waals surface area contributed by atoms with Crippen molar-refractivity contribution in [2.75, 3.05) is 18.6 Å². The number of carbonyl (C=O) groups excluding carboxylic acids is 2. The van der Waals surface area contributed by atoms with Gasteiger partial charge in [0.15, 0.2) is 5.54 Å². The van der Waals surface area contributed by atoms with Gasteiger partial charge < -0.3 is 24.4 Å². The average Bonchev–Trinajstić information content (AvgIpc) is 3.66. The van der Waals surface area contributed by atoms with E-state index >= 15 is 0 Å².